The maximum absolute atomic E-state index is 12.2. The van der Waals surface area contributed by atoms with E-state index in [9.17, 15) is 15.0 Å². The summed E-state index contributed by atoms with van der Waals surface area (Å²) < 4.78 is 7.33. The highest BCUT2D eigenvalue weighted by atomic mass is 35.5. The van der Waals surface area contributed by atoms with Crippen molar-refractivity contribution in [2.75, 3.05) is 5.73 Å². The molecule has 5 rings (SSSR count). The molecule has 9 heteroatoms. The smallest absolute Gasteiger partial charge is 0.339 e. The molecular formula is C19H17ClN4O4. The molecule has 0 spiro atoms. The number of benzene rings is 1. The number of carbonyl (C=O) groups is 1. The first-order valence-corrected chi connectivity index (χ1v) is 9.27. The number of halogens is 1. The highest BCUT2D eigenvalue weighted by molar-refractivity contribution is 6.31. The molecule has 2 aromatic heterocycles. The molecule has 28 heavy (non-hydrogen) atoms. The first-order chi connectivity index (χ1) is 13.5. The molecule has 1 aliphatic heterocycles. The average Bonchev–Trinajstić information content (AvgIpc) is 3.32. The Bertz CT molecular complexity index is 1100. The van der Waals surface area contributed by atoms with Gasteiger partial charge < -0.3 is 25.3 Å². The zero-order valence-electron chi connectivity index (χ0n) is 14.6. The lowest BCUT2D eigenvalue weighted by Crippen LogP contribution is -2.31. The van der Waals surface area contributed by atoms with Gasteiger partial charge in [0.05, 0.1) is 23.1 Å². The van der Waals surface area contributed by atoms with Gasteiger partial charge in [0.2, 0.25) is 0 Å². The molecule has 3 heterocycles. The van der Waals surface area contributed by atoms with Gasteiger partial charge in [0.25, 0.3) is 0 Å². The van der Waals surface area contributed by atoms with E-state index < -0.39 is 36.2 Å². The number of nitrogen functional groups attached to an aromatic ring is 1. The number of fused-ring (bicyclic) bond motifs is 2. The Balaban J connectivity index is 1.51. The molecule has 5 atom stereocenters. The second-order valence-electron chi connectivity index (χ2n) is 7.22. The zero-order valence-corrected chi connectivity index (χ0v) is 15.3. The molecule has 0 radical (unpaired) electrons. The van der Waals surface area contributed by atoms with Crippen LogP contribution < -0.4 is 5.73 Å². The Morgan fingerprint density at radius 2 is 2.04 bits per heavy atom. The van der Waals surface area contributed by atoms with Crippen molar-refractivity contribution in [1.29, 1.82) is 0 Å². The first-order valence-electron chi connectivity index (χ1n) is 8.89. The molecule has 1 saturated carbocycles. The van der Waals surface area contributed by atoms with Crippen molar-refractivity contribution < 1.29 is 19.7 Å². The molecule has 1 aliphatic carbocycles. The van der Waals surface area contributed by atoms with E-state index in [-0.39, 0.29) is 0 Å². The van der Waals surface area contributed by atoms with E-state index in [1.54, 1.807) is 35.0 Å². The van der Waals surface area contributed by atoms with Crippen LogP contribution in [-0.2, 0) is 4.74 Å². The molecule has 144 valence electrons. The van der Waals surface area contributed by atoms with Gasteiger partial charge in [-0.2, -0.15) is 0 Å². The summed E-state index contributed by atoms with van der Waals surface area (Å²) in [6, 6.07) is 6.32. The molecule has 1 fully saturated rings. The molecule has 4 N–H and O–H groups in total. The highest BCUT2D eigenvalue weighted by Crippen LogP contribution is 2.48. The minimum absolute atomic E-state index is 0.351. The normalized spacial score (nSPS) is 29.2. The van der Waals surface area contributed by atoms with Crippen molar-refractivity contribution in [2.45, 2.75) is 30.8 Å². The maximum Gasteiger partial charge on any atom is 0.339 e. The van der Waals surface area contributed by atoms with Crippen LogP contribution in [0, 0.1) is 5.92 Å². The van der Waals surface area contributed by atoms with Crippen LogP contribution in [0.25, 0.3) is 11.0 Å². The van der Waals surface area contributed by atoms with E-state index >= 15 is 0 Å². The van der Waals surface area contributed by atoms with E-state index in [1.165, 1.54) is 6.33 Å². The predicted octanol–water partition coefficient (Wildman–Crippen LogP) is 1.86. The van der Waals surface area contributed by atoms with Crippen molar-refractivity contribution >= 4 is 34.4 Å². The van der Waals surface area contributed by atoms with Gasteiger partial charge in [0.1, 0.15) is 30.0 Å². The van der Waals surface area contributed by atoms with Crippen LogP contribution in [0.2, 0.25) is 5.02 Å². The monoisotopic (exact) mass is 400 g/mol. The number of aliphatic hydroxyl groups excluding tert-OH is 2. The molecular weight excluding hydrogens is 384 g/mol. The predicted molar refractivity (Wildman–Crippen MR) is 101 cm³/mol. The van der Waals surface area contributed by atoms with Gasteiger partial charge >= 0.3 is 5.97 Å². The second-order valence-corrected chi connectivity index (χ2v) is 7.66. The number of anilines is 1. The van der Waals surface area contributed by atoms with Gasteiger partial charge in [0.15, 0.2) is 0 Å². The van der Waals surface area contributed by atoms with Crippen molar-refractivity contribution in [3.8, 4) is 0 Å². The summed E-state index contributed by atoms with van der Waals surface area (Å²) in [5.41, 5.74) is 7.55. The number of esters is 1. The molecule has 1 aromatic carbocycles. The van der Waals surface area contributed by atoms with Crippen molar-refractivity contribution in [2.24, 2.45) is 5.92 Å². The number of nitrogens with two attached hydrogens (primary N) is 1. The van der Waals surface area contributed by atoms with Crippen LogP contribution >= 0.6 is 11.6 Å². The van der Waals surface area contributed by atoms with E-state index in [0.29, 0.717) is 39.4 Å². The summed E-state index contributed by atoms with van der Waals surface area (Å²) in [6.45, 7) is 0. The standard InChI is InChI=1S/C19H17ClN4O4/c20-8-1-2-9-11(5-8)19(27)28-16(9)12-6-13(15(26)14(12)25)24-4-3-10-17(21)22-7-23-18(10)24/h1-5,7,12-16,25-26H,6H2,(H2,21,22,23)/t12-,13+,14+,15-,16?/m0/s1. The Morgan fingerprint density at radius 1 is 1.21 bits per heavy atom. The number of carbonyl (C=O) groups excluding carboxylic acids is 1. The van der Waals surface area contributed by atoms with Gasteiger partial charge in [0, 0.05) is 22.7 Å². The summed E-state index contributed by atoms with van der Waals surface area (Å²) in [4.78, 5) is 20.5. The van der Waals surface area contributed by atoms with Gasteiger partial charge in [-0.1, -0.05) is 17.7 Å². The minimum atomic E-state index is -1.07. The van der Waals surface area contributed by atoms with E-state index in [0.717, 1.165) is 0 Å². The van der Waals surface area contributed by atoms with Gasteiger partial charge in [-0.05, 0) is 24.6 Å². The van der Waals surface area contributed by atoms with E-state index in [4.69, 9.17) is 22.1 Å². The van der Waals surface area contributed by atoms with Crippen LogP contribution in [0.5, 0.6) is 0 Å². The topological polar surface area (TPSA) is 123 Å². The molecule has 0 bridgehead atoms. The summed E-state index contributed by atoms with van der Waals surface area (Å²) in [5, 5.41) is 22.6. The van der Waals surface area contributed by atoms with Gasteiger partial charge in [-0.3, -0.25) is 0 Å². The van der Waals surface area contributed by atoms with Crippen LogP contribution in [0.15, 0.2) is 36.8 Å². The number of nitrogens with zero attached hydrogens (tertiary/aromatic N) is 3. The largest absolute Gasteiger partial charge is 0.453 e. The number of hydrogen-bond acceptors (Lipinski definition) is 7. The van der Waals surface area contributed by atoms with Gasteiger partial charge in [-0.15, -0.1) is 0 Å². The van der Waals surface area contributed by atoms with Crippen LogP contribution in [0.4, 0.5) is 5.82 Å². The lowest BCUT2D eigenvalue weighted by Gasteiger charge is -2.22. The fourth-order valence-corrected chi connectivity index (χ4v) is 4.56. The van der Waals surface area contributed by atoms with Crippen LogP contribution in [0.3, 0.4) is 0 Å². The Labute approximate surface area is 164 Å². The third kappa shape index (κ3) is 2.42. The highest BCUT2D eigenvalue weighted by Gasteiger charge is 2.50. The van der Waals surface area contributed by atoms with E-state index in [2.05, 4.69) is 9.97 Å². The summed E-state index contributed by atoms with van der Waals surface area (Å²) >= 11 is 5.98. The summed E-state index contributed by atoms with van der Waals surface area (Å²) in [7, 11) is 0. The first kappa shape index (κ1) is 17.4. The second kappa shape index (κ2) is 6.16. The number of cyclic esters (lactones) is 1. The van der Waals surface area contributed by atoms with Crippen LogP contribution in [-0.4, -0.2) is 42.9 Å². The van der Waals surface area contributed by atoms with Crippen molar-refractivity contribution in [3.63, 3.8) is 0 Å². The number of rotatable bonds is 2. The Kier molecular flexibility index (Phi) is 3.84. The van der Waals surface area contributed by atoms with E-state index in [1.807, 2.05) is 0 Å². The minimum Gasteiger partial charge on any atom is -0.453 e. The molecule has 0 saturated heterocycles. The lowest BCUT2D eigenvalue weighted by atomic mass is 9.91. The van der Waals surface area contributed by atoms with Crippen molar-refractivity contribution in [1.82, 2.24) is 14.5 Å². The zero-order chi connectivity index (χ0) is 19.6. The Morgan fingerprint density at radius 3 is 2.86 bits per heavy atom. The molecule has 1 unspecified atom stereocenters. The molecule has 2 aliphatic rings. The fraction of sp³-hybridized carbons (Fsp3) is 0.316. The van der Waals surface area contributed by atoms with Crippen molar-refractivity contribution in [3.05, 3.63) is 52.9 Å². The summed E-state index contributed by atoms with van der Waals surface area (Å²) in [5.74, 6) is -0.591. The molecule has 8 nitrogen and oxygen atoms in total. The number of aliphatic hydroxyl groups is 2. The average molecular weight is 401 g/mol. The number of ether oxygens (including phenoxy) is 1. The number of hydrogen-bond donors (Lipinski definition) is 3. The third-order valence-corrected chi connectivity index (χ3v) is 5.99. The molecule has 3 aromatic rings. The third-order valence-electron chi connectivity index (χ3n) is 5.76. The number of aromatic nitrogens is 3. The quantitative estimate of drug-likeness (QED) is 0.561. The lowest BCUT2D eigenvalue weighted by molar-refractivity contribution is -0.0332. The maximum atomic E-state index is 12.2. The van der Waals surface area contributed by atoms with Gasteiger partial charge in [-0.25, -0.2) is 14.8 Å². The SMILES string of the molecule is Nc1ncnc2c1ccn2[C@@H]1C[C@H](C2OC(=O)c3cc(Cl)ccc32)[C@@H](O)[C@H]1O. The summed E-state index contributed by atoms with van der Waals surface area (Å²) in [6.07, 6.45) is 0.773. The Hall–Kier alpha value is -2.68. The van der Waals surface area contributed by atoms with Crippen LogP contribution in [0.1, 0.15) is 34.5 Å². The molecule has 0 amide bonds. The fourth-order valence-electron chi connectivity index (χ4n) is 4.39.